The highest BCUT2D eigenvalue weighted by Crippen LogP contribution is 2.27. The van der Waals surface area contributed by atoms with Gasteiger partial charge in [0.2, 0.25) is 5.91 Å². The molecule has 0 bridgehead atoms. The Morgan fingerprint density at radius 3 is 3.00 bits per heavy atom. The van der Waals surface area contributed by atoms with Crippen molar-refractivity contribution in [2.75, 3.05) is 23.8 Å². The van der Waals surface area contributed by atoms with Gasteiger partial charge in [0.05, 0.1) is 6.42 Å². The average Bonchev–Trinajstić information content (AvgIpc) is 2.55. The van der Waals surface area contributed by atoms with E-state index in [-0.39, 0.29) is 5.91 Å². The van der Waals surface area contributed by atoms with E-state index in [0.29, 0.717) is 6.42 Å². The first kappa shape index (κ1) is 9.06. The van der Waals surface area contributed by atoms with Crippen LogP contribution in [0, 0.1) is 0 Å². The predicted octanol–water partition coefficient (Wildman–Crippen LogP) is 1.64. The third kappa shape index (κ3) is 1.45. The third-order valence-corrected chi connectivity index (χ3v) is 2.63. The molecule has 0 aromatic heterocycles. The normalized spacial score (nSPS) is 13.7. The van der Waals surface area contributed by atoms with Gasteiger partial charge in [-0.3, -0.25) is 4.79 Å². The van der Waals surface area contributed by atoms with Crippen LogP contribution in [0.3, 0.4) is 0 Å². The lowest BCUT2D eigenvalue weighted by atomic mass is 10.1. The monoisotopic (exact) mass is 190 g/mol. The number of hydrogen-bond donors (Lipinski definition) is 1. The lowest BCUT2D eigenvalue weighted by molar-refractivity contribution is -0.115. The minimum absolute atomic E-state index is 0.0938. The number of nitrogens with one attached hydrogen (secondary N) is 1. The van der Waals surface area contributed by atoms with Crippen LogP contribution in [0.1, 0.15) is 12.5 Å². The summed E-state index contributed by atoms with van der Waals surface area (Å²) in [7, 11) is 2.05. The van der Waals surface area contributed by atoms with Crippen LogP contribution in [-0.4, -0.2) is 19.5 Å². The highest BCUT2D eigenvalue weighted by molar-refractivity contribution is 5.99. The minimum atomic E-state index is 0.0938. The largest absolute Gasteiger partial charge is 0.375 e. The topological polar surface area (TPSA) is 32.3 Å². The summed E-state index contributed by atoms with van der Waals surface area (Å²) >= 11 is 0. The standard InChI is InChI=1S/C11H14N2O/c1-3-13(2)9-4-5-10-8(6-9)7-11(14)12-10/h4-6H,3,7H2,1-2H3,(H,12,14). The molecule has 3 heteroatoms. The quantitative estimate of drug-likeness (QED) is 0.768. The maximum atomic E-state index is 11.1. The van der Waals surface area contributed by atoms with Crippen LogP contribution in [0.15, 0.2) is 18.2 Å². The minimum Gasteiger partial charge on any atom is -0.375 e. The van der Waals surface area contributed by atoms with E-state index < -0.39 is 0 Å². The van der Waals surface area contributed by atoms with Gasteiger partial charge in [0.25, 0.3) is 0 Å². The maximum absolute atomic E-state index is 11.1. The number of anilines is 2. The molecule has 0 radical (unpaired) electrons. The summed E-state index contributed by atoms with van der Waals surface area (Å²) < 4.78 is 0. The van der Waals surface area contributed by atoms with Gasteiger partial charge in [0.1, 0.15) is 0 Å². The number of carbonyl (C=O) groups is 1. The molecule has 1 N–H and O–H groups in total. The molecule has 1 aromatic rings. The zero-order chi connectivity index (χ0) is 10.1. The van der Waals surface area contributed by atoms with Crippen LogP contribution in [0.25, 0.3) is 0 Å². The van der Waals surface area contributed by atoms with E-state index >= 15 is 0 Å². The molecule has 2 rings (SSSR count). The fourth-order valence-electron chi connectivity index (χ4n) is 1.64. The highest BCUT2D eigenvalue weighted by Gasteiger charge is 2.17. The zero-order valence-electron chi connectivity index (χ0n) is 8.50. The number of nitrogens with zero attached hydrogens (tertiary/aromatic N) is 1. The Balaban J connectivity index is 2.32. The van der Waals surface area contributed by atoms with Gasteiger partial charge in [-0.1, -0.05) is 0 Å². The molecule has 0 unspecified atom stereocenters. The Bertz CT molecular complexity index is 374. The molecule has 1 aliphatic rings. The fourth-order valence-corrected chi connectivity index (χ4v) is 1.64. The smallest absolute Gasteiger partial charge is 0.228 e. The Morgan fingerprint density at radius 2 is 2.29 bits per heavy atom. The summed E-state index contributed by atoms with van der Waals surface area (Å²) in [6.45, 7) is 3.08. The van der Waals surface area contributed by atoms with E-state index in [1.807, 2.05) is 19.2 Å². The molecule has 74 valence electrons. The van der Waals surface area contributed by atoms with Crippen LogP contribution < -0.4 is 10.2 Å². The van der Waals surface area contributed by atoms with E-state index in [1.165, 1.54) is 5.69 Å². The highest BCUT2D eigenvalue weighted by atomic mass is 16.1. The van der Waals surface area contributed by atoms with Gasteiger partial charge in [-0.05, 0) is 30.7 Å². The molecule has 0 aliphatic carbocycles. The van der Waals surface area contributed by atoms with Crippen LogP contribution in [0.4, 0.5) is 11.4 Å². The second-order valence-corrected chi connectivity index (χ2v) is 3.58. The molecule has 1 heterocycles. The molecule has 1 amide bonds. The van der Waals surface area contributed by atoms with Gasteiger partial charge in [-0.25, -0.2) is 0 Å². The molecule has 0 saturated heterocycles. The lowest BCUT2D eigenvalue weighted by Crippen LogP contribution is -2.15. The third-order valence-electron chi connectivity index (χ3n) is 2.63. The first-order chi connectivity index (χ1) is 6.70. The van der Waals surface area contributed by atoms with Crippen molar-refractivity contribution in [2.45, 2.75) is 13.3 Å². The molecule has 0 saturated carbocycles. The van der Waals surface area contributed by atoms with E-state index in [1.54, 1.807) is 0 Å². The van der Waals surface area contributed by atoms with Gasteiger partial charge in [-0.15, -0.1) is 0 Å². The van der Waals surface area contributed by atoms with Crippen LogP contribution in [0.2, 0.25) is 0 Å². The van der Waals surface area contributed by atoms with Crippen molar-refractivity contribution in [1.82, 2.24) is 0 Å². The van der Waals surface area contributed by atoms with Crippen molar-refractivity contribution >= 4 is 17.3 Å². The van der Waals surface area contributed by atoms with Crippen molar-refractivity contribution in [2.24, 2.45) is 0 Å². The van der Waals surface area contributed by atoms with E-state index in [2.05, 4.69) is 23.2 Å². The van der Waals surface area contributed by atoms with Crippen LogP contribution in [0.5, 0.6) is 0 Å². The number of amides is 1. The summed E-state index contributed by atoms with van der Waals surface area (Å²) in [5, 5.41) is 2.82. The SMILES string of the molecule is CCN(C)c1ccc2c(c1)CC(=O)N2. The summed E-state index contributed by atoms with van der Waals surface area (Å²) in [5.41, 5.74) is 3.24. The first-order valence-corrected chi connectivity index (χ1v) is 4.84. The second-order valence-electron chi connectivity index (χ2n) is 3.58. The lowest BCUT2D eigenvalue weighted by Gasteiger charge is -2.17. The molecular weight excluding hydrogens is 176 g/mol. The molecule has 0 spiro atoms. The fraction of sp³-hybridized carbons (Fsp3) is 0.364. The Morgan fingerprint density at radius 1 is 1.50 bits per heavy atom. The second kappa shape index (κ2) is 3.33. The average molecular weight is 190 g/mol. The first-order valence-electron chi connectivity index (χ1n) is 4.84. The van der Waals surface area contributed by atoms with Gasteiger partial charge < -0.3 is 10.2 Å². The van der Waals surface area contributed by atoms with Crippen molar-refractivity contribution in [3.05, 3.63) is 23.8 Å². The van der Waals surface area contributed by atoms with Gasteiger partial charge in [0.15, 0.2) is 0 Å². The van der Waals surface area contributed by atoms with E-state index in [9.17, 15) is 4.79 Å². The number of fused-ring (bicyclic) bond motifs is 1. The summed E-state index contributed by atoms with van der Waals surface area (Å²) in [4.78, 5) is 13.3. The van der Waals surface area contributed by atoms with Crippen LogP contribution in [-0.2, 0) is 11.2 Å². The summed E-state index contributed by atoms with van der Waals surface area (Å²) in [6, 6.07) is 6.09. The van der Waals surface area contributed by atoms with Crippen molar-refractivity contribution < 1.29 is 4.79 Å². The number of benzene rings is 1. The molecule has 1 aromatic carbocycles. The molecule has 14 heavy (non-hydrogen) atoms. The van der Waals surface area contributed by atoms with Crippen molar-refractivity contribution in [3.63, 3.8) is 0 Å². The molecule has 0 atom stereocenters. The van der Waals surface area contributed by atoms with Crippen molar-refractivity contribution in [3.8, 4) is 0 Å². The number of rotatable bonds is 2. The summed E-state index contributed by atoms with van der Waals surface area (Å²) in [6.07, 6.45) is 0.515. The van der Waals surface area contributed by atoms with Crippen molar-refractivity contribution in [1.29, 1.82) is 0 Å². The number of carbonyl (C=O) groups excluding carboxylic acids is 1. The van der Waals surface area contributed by atoms with Gasteiger partial charge >= 0.3 is 0 Å². The molecule has 1 aliphatic heterocycles. The Labute approximate surface area is 83.7 Å². The van der Waals surface area contributed by atoms with Crippen LogP contribution >= 0.6 is 0 Å². The Hall–Kier alpha value is -1.51. The number of hydrogen-bond acceptors (Lipinski definition) is 2. The van der Waals surface area contributed by atoms with Gasteiger partial charge in [-0.2, -0.15) is 0 Å². The van der Waals surface area contributed by atoms with Gasteiger partial charge in [0, 0.05) is 25.0 Å². The zero-order valence-corrected chi connectivity index (χ0v) is 8.50. The maximum Gasteiger partial charge on any atom is 0.228 e. The Kier molecular flexibility index (Phi) is 2.15. The van der Waals surface area contributed by atoms with E-state index in [4.69, 9.17) is 0 Å². The molecular formula is C11H14N2O. The molecule has 3 nitrogen and oxygen atoms in total. The van der Waals surface area contributed by atoms with E-state index in [0.717, 1.165) is 17.8 Å². The molecule has 0 fully saturated rings. The summed E-state index contributed by atoms with van der Waals surface area (Å²) in [5.74, 6) is 0.0938. The predicted molar refractivity (Wildman–Crippen MR) is 57.7 cm³/mol.